The first-order valence-corrected chi connectivity index (χ1v) is 7.85. The molecule has 2 aromatic carbocycles. The van der Waals surface area contributed by atoms with Crippen molar-refractivity contribution in [1.82, 2.24) is 0 Å². The normalized spacial score (nSPS) is 12.8. The van der Waals surface area contributed by atoms with Crippen LogP contribution in [-0.2, 0) is 6.42 Å². The average molecular weight is 351 g/mol. The van der Waals surface area contributed by atoms with E-state index < -0.39 is 6.10 Å². The number of fused-ring (bicyclic) bond motifs is 1. The highest BCUT2D eigenvalue weighted by Crippen LogP contribution is 2.32. The van der Waals surface area contributed by atoms with Crippen molar-refractivity contribution < 1.29 is 9.50 Å². The van der Waals surface area contributed by atoms with E-state index in [1.54, 1.807) is 6.07 Å². The molecule has 1 heterocycles. The number of aliphatic hydroxyl groups excluding tert-OH is 1. The SMILES string of the molecule is OC(Cc1ccccc1Br)c1cc2cc(F)ccc2s1. The van der Waals surface area contributed by atoms with Crippen molar-refractivity contribution in [3.05, 3.63) is 69.3 Å². The molecule has 102 valence electrons. The van der Waals surface area contributed by atoms with Gasteiger partial charge >= 0.3 is 0 Å². The van der Waals surface area contributed by atoms with E-state index in [4.69, 9.17) is 0 Å². The summed E-state index contributed by atoms with van der Waals surface area (Å²) in [7, 11) is 0. The van der Waals surface area contributed by atoms with E-state index in [0.717, 1.165) is 25.0 Å². The Morgan fingerprint density at radius 1 is 1.15 bits per heavy atom. The van der Waals surface area contributed by atoms with Gasteiger partial charge in [-0.05, 0) is 41.3 Å². The molecule has 0 bridgehead atoms. The molecule has 1 aromatic heterocycles. The second kappa shape index (κ2) is 5.64. The van der Waals surface area contributed by atoms with Gasteiger partial charge in [-0.1, -0.05) is 34.1 Å². The molecule has 0 fully saturated rings. The minimum absolute atomic E-state index is 0.248. The summed E-state index contributed by atoms with van der Waals surface area (Å²) in [5.41, 5.74) is 1.06. The Labute approximate surface area is 128 Å². The third kappa shape index (κ3) is 2.77. The zero-order valence-corrected chi connectivity index (χ0v) is 12.9. The fraction of sp³-hybridized carbons (Fsp3) is 0.125. The van der Waals surface area contributed by atoms with Gasteiger partial charge in [-0.25, -0.2) is 4.39 Å². The van der Waals surface area contributed by atoms with Crippen LogP contribution in [0.25, 0.3) is 10.1 Å². The van der Waals surface area contributed by atoms with Crippen molar-refractivity contribution >= 4 is 37.4 Å². The monoisotopic (exact) mass is 350 g/mol. The molecule has 3 rings (SSSR count). The molecule has 0 spiro atoms. The average Bonchev–Trinajstić information content (AvgIpc) is 2.84. The van der Waals surface area contributed by atoms with Crippen LogP contribution < -0.4 is 0 Å². The Bertz CT molecular complexity index is 753. The van der Waals surface area contributed by atoms with Crippen LogP contribution in [0.5, 0.6) is 0 Å². The highest BCUT2D eigenvalue weighted by Gasteiger charge is 2.14. The molecule has 0 radical (unpaired) electrons. The molecule has 3 aromatic rings. The van der Waals surface area contributed by atoms with Gasteiger partial charge in [0.1, 0.15) is 5.82 Å². The zero-order chi connectivity index (χ0) is 14.1. The minimum atomic E-state index is -0.575. The van der Waals surface area contributed by atoms with Gasteiger partial charge in [0.05, 0.1) is 6.10 Å². The topological polar surface area (TPSA) is 20.2 Å². The Hall–Kier alpha value is -1.23. The lowest BCUT2D eigenvalue weighted by Crippen LogP contribution is -1.99. The van der Waals surface area contributed by atoms with Crippen molar-refractivity contribution in [3.63, 3.8) is 0 Å². The summed E-state index contributed by atoms with van der Waals surface area (Å²) in [5.74, 6) is -0.248. The largest absolute Gasteiger partial charge is 0.387 e. The number of hydrogen-bond acceptors (Lipinski definition) is 2. The molecular weight excluding hydrogens is 339 g/mol. The molecule has 0 aliphatic rings. The number of hydrogen-bond donors (Lipinski definition) is 1. The standard InChI is InChI=1S/C16H12BrFOS/c17-13-4-2-1-3-10(13)8-14(19)16-9-11-7-12(18)5-6-15(11)20-16/h1-7,9,14,19H,8H2. The Morgan fingerprint density at radius 3 is 2.75 bits per heavy atom. The Kier molecular flexibility index (Phi) is 3.87. The lowest BCUT2D eigenvalue weighted by atomic mass is 10.1. The molecule has 0 aliphatic heterocycles. The lowest BCUT2D eigenvalue weighted by Gasteiger charge is -2.09. The molecule has 1 nitrogen and oxygen atoms in total. The number of thiophene rings is 1. The van der Waals surface area contributed by atoms with Crippen molar-refractivity contribution in [3.8, 4) is 0 Å². The second-order valence-corrected chi connectivity index (χ2v) is 6.61. The fourth-order valence-electron chi connectivity index (χ4n) is 2.17. The second-order valence-electron chi connectivity index (χ2n) is 4.64. The van der Waals surface area contributed by atoms with Gasteiger partial charge in [-0.15, -0.1) is 11.3 Å². The molecule has 4 heteroatoms. The predicted octanol–water partition coefficient (Wildman–Crippen LogP) is 5.08. The summed E-state index contributed by atoms with van der Waals surface area (Å²) >= 11 is 4.99. The van der Waals surface area contributed by atoms with Crippen LogP contribution in [0.15, 0.2) is 53.0 Å². The number of halogens is 2. The van der Waals surface area contributed by atoms with Crippen LogP contribution in [0.1, 0.15) is 16.5 Å². The van der Waals surface area contributed by atoms with Crippen molar-refractivity contribution in [2.24, 2.45) is 0 Å². The maximum atomic E-state index is 13.2. The first-order chi connectivity index (χ1) is 9.63. The molecule has 1 N–H and O–H groups in total. The van der Waals surface area contributed by atoms with Crippen LogP contribution in [0.3, 0.4) is 0 Å². The van der Waals surface area contributed by atoms with E-state index >= 15 is 0 Å². The first kappa shape index (κ1) is 13.7. The van der Waals surface area contributed by atoms with Crippen molar-refractivity contribution in [2.75, 3.05) is 0 Å². The molecule has 0 aliphatic carbocycles. The van der Waals surface area contributed by atoms with Crippen LogP contribution in [0, 0.1) is 5.82 Å². The van der Waals surface area contributed by atoms with E-state index in [9.17, 15) is 9.50 Å². The molecule has 0 amide bonds. The third-order valence-electron chi connectivity index (χ3n) is 3.20. The van der Waals surface area contributed by atoms with Crippen LogP contribution >= 0.6 is 27.3 Å². The summed E-state index contributed by atoms with van der Waals surface area (Å²) in [6.07, 6.45) is -0.0364. The molecule has 1 unspecified atom stereocenters. The van der Waals surface area contributed by atoms with Crippen molar-refractivity contribution in [1.29, 1.82) is 0 Å². The summed E-state index contributed by atoms with van der Waals surface area (Å²) in [4.78, 5) is 0.862. The lowest BCUT2D eigenvalue weighted by molar-refractivity contribution is 0.182. The maximum absolute atomic E-state index is 13.2. The number of benzene rings is 2. The fourth-order valence-corrected chi connectivity index (χ4v) is 3.65. The van der Waals surface area contributed by atoms with Crippen LogP contribution in [-0.4, -0.2) is 5.11 Å². The van der Waals surface area contributed by atoms with Crippen LogP contribution in [0.4, 0.5) is 4.39 Å². The van der Waals surface area contributed by atoms with Gasteiger partial charge in [0.25, 0.3) is 0 Å². The Balaban J connectivity index is 1.89. The molecule has 1 atom stereocenters. The number of aliphatic hydroxyl groups is 1. The van der Waals surface area contributed by atoms with Crippen LogP contribution in [0.2, 0.25) is 0 Å². The van der Waals surface area contributed by atoms with E-state index in [2.05, 4.69) is 15.9 Å². The smallest absolute Gasteiger partial charge is 0.123 e. The summed E-state index contributed by atoms with van der Waals surface area (Å²) in [5, 5.41) is 11.2. The quantitative estimate of drug-likeness (QED) is 0.698. The molecular formula is C16H12BrFOS. The van der Waals surface area contributed by atoms with E-state index in [1.165, 1.54) is 23.5 Å². The van der Waals surface area contributed by atoms with E-state index in [-0.39, 0.29) is 5.82 Å². The maximum Gasteiger partial charge on any atom is 0.123 e. The van der Waals surface area contributed by atoms with Gasteiger partial charge in [0, 0.05) is 20.5 Å². The zero-order valence-electron chi connectivity index (χ0n) is 10.5. The van der Waals surface area contributed by atoms with Gasteiger partial charge < -0.3 is 5.11 Å². The van der Waals surface area contributed by atoms with Crippen molar-refractivity contribution in [2.45, 2.75) is 12.5 Å². The molecule has 0 saturated heterocycles. The summed E-state index contributed by atoms with van der Waals surface area (Å²) in [6, 6.07) is 14.4. The summed E-state index contributed by atoms with van der Waals surface area (Å²) in [6.45, 7) is 0. The Morgan fingerprint density at radius 2 is 1.95 bits per heavy atom. The van der Waals surface area contributed by atoms with E-state index in [1.807, 2.05) is 30.3 Å². The number of rotatable bonds is 3. The van der Waals surface area contributed by atoms with E-state index in [0.29, 0.717) is 6.42 Å². The first-order valence-electron chi connectivity index (χ1n) is 6.24. The van der Waals surface area contributed by atoms with Gasteiger partial charge in [-0.3, -0.25) is 0 Å². The third-order valence-corrected chi connectivity index (χ3v) is 5.19. The van der Waals surface area contributed by atoms with Gasteiger partial charge in [0.15, 0.2) is 0 Å². The van der Waals surface area contributed by atoms with Gasteiger partial charge in [0.2, 0.25) is 0 Å². The highest BCUT2D eigenvalue weighted by molar-refractivity contribution is 9.10. The highest BCUT2D eigenvalue weighted by atomic mass is 79.9. The summed E-state index contributed by atoms with van der Waals surface area (Å²) < 4.78 is 15.2. The molecule has 20 heavy (non-hydrogen) atoms. The molecule has 0 saturated carbocycles. The van der Waals surface area contributed by atoms with Gasteiger partial charge in [-0.2, -0.15) is 0 Å². The minimum Gasteiger partial charge on any atom is -0.387 e. The predicted molar refractivity (Wildman–Crippen MR) is 84.6 cm³/mol.